The number of nitrogens with one attached hydrogen (secondary N) is 2. The van der Waals surface area contributed by atoms with Crippen molar-refractivity contribution in [1.82, 2.24) is 9.88 Å². The van der Waals surface area contributed by atoms with Crippen LogP contribution in [-0.4, -0.2) is 62.4 Å². The summed E-state index contributed by atoms with van der Waals surface area (Å²) in [5.41, 5.74) is -0.239. The predicted octanol–water partition coefficient (Wildman–Crippen LogP) is 6.28. The third-order valence-corrected chi connectivity index (χ3v) is 8.56. The van der Waals surface area contributed by atoms with Crippen LogP contribution in [0.25, 0.3) is 0 Å². The second-order valence-electron chi connectivity index (χ2n) is 11.0. The SMILES string of the molecule is CC(C)(C)OC(=O)N1CCCC1C(=O)N=S(C)(=O)c1ccc(C(=O)Nc2ccc(Cl)cc2C(=O)Nc2ccc(Cl)cn2)cc1. The standard InChI is InChI=1S/C30H31Cl2N5O6S/c1-30(2,3)43-29(41)37-15-5-6-24(37)28(40)36-44(4,42)21-11-7-18(8-12-21)26(38)34-23-13-9-19(31)16-22(23)27(39)35-25-14-10-20(32)17-33-25/h7-14,16-17,24H,5-6,15H2,1-4H3,(H,34,38)(H,33,35,39). The Labute approximate surface area is 265 Å². The van der Waals surface area contributed by atoms with Gasteiger partial charge in [0.05, 0.1) is 26.0 Å². The molecule has 2 N–H and O–H groups in total. The molecule has 4 rings (SSSR count). The van der Waals surface area contributed by atoms with Crippen LogP contribution in [0.1, 0.15) is 54.3 Å². The van der Waals surface area contributed by atoms with E-state index in [1.54, 1.807) is 26.8 Å². The summed E-state index contributed by atoms with van der Waals surface area (Å²) in [5, 5.41) is 6.00. The zero-order valence-electron chi connectivity index (χ0n) is 24.4. The number of carbonyl (C=O) groups excluding carboxylic acids is 4. The normalized spacial score (nSPS) is 16.0. The minimum Gasteiger partial charge on any atom is -0.444 e. The molecular weight excluding hydrogens is 629 g/mol. The molecule has 44 heavy (non-hydrogen) atoms. The van der Waals surface area contributed by atoms with Crippen molar-refractivity contribution in [3.8, 4) is 0 Å². The van der Waals surface area contributed by atoms with Crippen molar-refractivity contribution < 1.29 is 28.1 Å². The number of nitrogens with zero attached hydrogens (tertiary/aromatic N) is 3. The average Bonchev–Trinajstić information content (AvgIpc) is 3.45. The Hall–Kier alpha value is -4.00. The molecule has 1 saturated heterocycles. The van der Waals surface area contributed by atoms with Crippen molar-refractivity contribution in [2.45, 2.75) is 50.2 Å². The summed E-state index contributed by atoms with van der Waals surface area (Å²) < 4.78 is 22.8. The molecule has 1 fully saturated rings. The summed E-state index contributed by atoms with van der Waals surface area (Å²) >= 11 is 12.0. The maximum Gasteiger partial charge on any atom is 0.410 e. The highest BCUT2D eigenvalue weighted by Gasteiger charge is 2.37. The molecule has 11 nitrogen and oxygen atoms in total. The number of benzene rings is 2. The molecule has 1 aliphatic heterocycles. The van der Waals surface area contributed by atoms with Gasteiger partial charge in [0.2, 0.25) is 0 Å². The smallest absolute Gasteiger partial charge is 0.410 e. The van der Waals surface area contributed by atoms with Crippen LogP contribution in [-0.2, 0) is 19.3 Å². The van der Waals surface area contributed by atoms with E-state index in [0.717, 1.165) is 0 Å². The average molecular weight is 661 g/mol. The molecule has 0 saturated carbocycles. The quantitative estimate of drug-likeness (QED) is 0.317. The van der Waals surface area contributed by atoms with Crippen molar-refractivity contribution in [3.63, 3.8) is 0 Å². The minimum atomic E-state index is -3.20. The van der Waals surface area contributed by atoms with Gasteiger partial charge in [0, 0.05) is 34.5 Å². The largest absolute Gasteiger partial charge is 0.444 e. The van der Waals surface area contributed by atoms with Crippen LogP contribution in [0, 0.1) is 0 Å². The van der Waals surface area contributed by atoms with Gasteiger partial charge in [0.1, 0.15) is 17.5 Å². The third-order valence-electron chi connectivity index (χ3n) is 6.43. The first-order valence-electron chi connectivity index (χ1n) is 13.5. The van der Waals surface area contributed by atoms with Gasteiger partial charge in [0.15, 0.2) is 0 Å². The van der Waals surface area contributed by atoms with E-state index in [0.29, 0.717) is 24.4 Å². The molecule has 232 valence electrons. The highest BCUT2D eigenvalue weighted by Crippen LogP contribution is 2.25. The number of aromatic nitrogens is 1. The Bertz CT molecular complexity index is 1720. The van der Waals surface area contributed by atoms with E-state index in [9.17, 15) is 23.4 Å². The molecule has 0 spiro atoms. The minimum absolute atomic E-state index is 0.0976. The van der Waals surface area contributed by atoms with Gasteiger partial charge in [-0.05, 0) is 88.2 Å². The van der Waals surface area contributed by atoms with E-state index in [4.69, 9.17) is 27.9 Å². The lowest BCUT2D eigenvalue weighted by molar-refractivity contribution is -0.121. The van der Waals surface area contributed by atoms with Crippen LogP contribution in [0.15, 0.2) is 70.1 Å². The number of pyridine rings is 1. The molecule has 0 radical (unpaired) electrons. The lowest BCUT2D eigenvalue weighted by Crippen LogP contribution is -2.43. The first-order chi connectivity index (χ1) is 20.6. The van der Waals surface area contributed by atoms with Gasteiger partial charge < -0.3 is 15.4 Å². The van der Waals surface area contributed by atoms with Crippen LogP contribution >= 0.6 is 23.2 Å². The summed E-state index contributed by atoms with van der Waals surface area (Å²) in [7, 11) is -3.20. The number of hydrogen-bond acceptors (Lipinski definition) is 7. The fraction of sp³-hybridized carbons (Fsp3) is 0.300. The number of likely N-dealkylation sites (tertiary alicyclic amines) is 1. The maximum atomic E-state index is 13.5. The van der Waals surface area contributed by atoms with Gasteiger partial charge in [-0.3, -0.25) is 19.3 Å². The first kappa shape index (κ1) is 32.9. The molecule has 0 aliphatic carbocycles. The van der Waals surface area contributed by atoms with E-state index < -0.39 is 45.2 Å². The predicted molar refractivity (Wildman–Crippen MR) is 169 cm³/mol. The molecule has 2 aromatic carbocycles. The monoisotopic (exact) mass is 659 g/mol. The number of amides is 4. The van der Waals surface area contributed by atoms with Gasteiger partial charge in [0.25, 0.3) is 17.7 Å². The highest BCUT2D eigenvalue weighted by atomic mass is 35.5. The molecule has 0 bridgehead atoms. The fourth-order valence-electron chi connectivity index (χ4n) is 4.35. The summed E-state index contributed by atoms with van der Waals surface area (Å²) in [6.45, 7) is 5.54. The molecule has 14 heteroatoms. The van der Waals surface area contributed by atoms with Crippen molar-refractivity contribution in [3.05, 3.63) is 82.0 Å². The lowest BCUT2D eigenvalue weighted by Gasteiger charge is -2.27. The van der Waals surface area contributed by atoms with Crippen molar-refractivity contribution in [2.24, 2.45) is 4.36 Å². The summed E-state index contributed by atoms with van der Waals surface area (Å²) in [6, 6.07) is 12.4. The van der Waals surface area contributed by atoms with Gasteiger partial charge >= 0.3 is 6.09 Å². The molecule has 1 aromatic heterocycles. The van der Waals surface area contributed by atoms with E-state index in [1.165, 1.54) is 65.9 Å². The third kappa shape index (κ3) is 8.34. The van der Waals surface area contributed by atoms with Crippen LogP contribution < -0.4 is 10.6 Å². The van der Waals surface area contributed by atoms with Crippen LogP contribution in [0.2, 0.25) is 10.0 Å². The van der Waals surface area contributed by atoms with Crippen LogP contribution in [0.3, 0.4) is 0 Å². The Kier molecular flexibility index (Phi) is 9.97. The van der Waals surface area contributed by atoms with Crippen molar-refractivity contribution in [1.29, 1.82) is 0 Å². The molecule has 4 amide bonds. The first-order valence-corrected chi connectivity index (χ1v) is 16.2. The number of carbonyl (C=O) groups is 4. The van der Waals surface area contributed by atoms with Crippen LogP contribution in [0.5, 0.6) is 0 Å². The topological polar surface area (TPSA) is 147 Å². The zero-order valence-corrected chi connectivity index (χ0v) is 26.8. The zero-order chi connectivity index (χ0) is 32.2. The van der Waals surface area contributed by atoms with E-state index in [-0.39, 0.29) is 32.6 Å². The second-order valence-corrected chi connectivity index (χ2v) is 14.2. The number of rotatable bonds is 6. The van der Waals surface area contributed by atoms with Crippen molar-refractivity contribution in [2.75, 3.05) is 23.4 Å². The Balaban J connectivity index is 1.48. The number of hydrogen-bond donors (Lipinski definition) is 2. The molecule has 2 unspecified atom stereocenters. The number of anilines is 2. The second kappa shape index (κ2) is 13.3. The maximum absolute atomic E-state index is 13.5. The Morgan fingerprint density at radius 2 is 1.66 bits per heavy atom. The van der Waals surface area contributed by atoms with Gasteiger partial charge in [-0.15, -0.1) is 0 Å². The van der Waals surface area contributed by atoms with Gasteiger partial charge in [-0.1, -0.05) is 23.2 Å². The molecule has 1 aliphatic rings. The fourth-order valence-corrected chi connectivity index (χ4v) is 5.84. The molecule has 2 heterocycles. The Morgan fingerprint density at radius 1 is 0.977 bits per heavy atom. The highest BCUT2D eigenvalue weighted by molar-refractivity contribution is 7.93. The summed E-state index contributed by atoms with van der Waals surface area (Å²) in [6.07, 6.45) is 3.06. The summed E-state index contributed by atoms with van der Waals surface area (Å²) in [4.78, 5) is 57.2. The van der Waals surface area contributed by atoms with E-state index >= 15 is 0 Å². The molecule has 2 atom stereocenters. The van der Waals surface area contributed by atoms with E-state index in [1.807, 2.05) is 0 Å². The summed E-state index contributed by atoms with van der Waals surface area (Å²) in [5.74, 6) is -1.53. The lowest BCUT2D eigenvalue weighted by atomic mass is 10.1. The molecule has 3 aromatic rings. The van der Waals surface area contributed by atoms with Crippen molar-refractivity contribution >= 4 is 68.3 Å². The molecular formula is C30H31Cl2N5O6S. The van der Waals surface area contributed by atoms with Gasteiger partial charge in [-0.25, -0.2) is 14.0 Å². The number of halogens is 2. The van der Waals surface area contributed by atoms with Gasteiger partial charge in [-0.2, -0.15) is 4.36 Å². The van der Waals surface area contributed by atoms with E-state index in [2.05, 4.69) is 20.0 Å². The number of ether oxygens (including phenoxy) is 1. The Morgan fingerprint density at radius 3 is 2.30 bits per heavy atom. The van der Waals surface area contributed by atoms with Crippen LogP contribution in [0.4, 0.5) is 16.3 Å².